The number of methoxy groups -OCH3 is 2. The van der Waals surface area contributed by atoms with Crippen LogP contribution in [0.4, 0.5) is 0 Å². The molecule has 2 aromatic carbocycles. The van der Waals surface area contributed by atoms with Gasteiger partial charge in [0.2, 0.25) is 30.7 Å². The van der Waals surface area contributed by atoms with Gasteiger partial charge in [0.15, 0.2) is 0 Å². The van der Waals surface area contributed by atoms with E-state index in [9.17, 15) is 21.6 Å². The first kappa shape index (κ1) is 24.7. The zero-order chi connectivity index (χ0) is 25.6. The number of ether oxygens (including phenoxy) is 2. The molecular weight excluding hydrogens is 496 g/mol. The van der Waals surface area contributed by atoms with Gasteiger partial charge in [0.1, 0.15) is 22.0 Å². The van der Waals surface area contributed by atoms with E-state index >= 15 is 0 Å². The first-order chi connectivity index (χ1) is 16.5. The quantitative estimate of drug-likeness (QED) is 0.479. The predicted molar refractivity (Wildman–Crippen MR) is 127 cm³/mol. The Morgan fingerprint density at radius 2 is 1.63 bits per heavy atom. The van der Waals surface area contributed by atoms with Crippen LogP contribution in [0.5, 0.6) is 0 Å². The van der Waals surface area contributed by atoms with Crippen LogP contribution in [0.3, 0.4) is 0 Å². The SMILES string of the molecule is COC1=C(c2cc3ccccc3o2)C(OC)(S(=O)(=O)c2ccccc2S(N)(=O)=O)CC(C(N)=O)=C1. The highest BCUT2D eigenvalue weighted by molar-refractivity contribution is 7.94. The third-order valence-electron chi connectivity index (χ3n) is 5.77. The molecule has 1 amide bonds. The minimum absolute atomic E-state index is 0.0531. The number of carbonyl (C=O) groups excluding carboxylic acids is 1. The molecule has 35 heavy (non-hydrogen) atoms. The number of hydrogen-bond donors (Lipinski definition) is 2. The lowest BCUT2D eigenvalue weighted by atomic mass is 9.91. The monoisotopic (exact) mass is 518 g/mol. The molecule has 1 aliphatic carbocycles. The van der Waals surface area contributed by atoms with Gasteiger partial charge < -0.3 is 19.6 Å². The summed E-state index contributed by atoms with van der Waals surface area (Å²) in [5.74, 6) is -0.872. The lowest BCUT2D eigenvalue weighted by Gasteiger charge is -2.37. The highest BCUT2D eigenvalue weighted by Gasteiger charge is 2.55. The highest BCUT2D eigenvalue weighted by Crippen LogP contribution is 2.49. The number of primary sulfonamides is 1. The molecule has 0 spiro atoms. The predicted octanol–water partition coefficient (Wildman–Crippen LogP) is 2.07. The molecule has 0 saturated heterocycles. The zero-order valence-electron chi connectivity index (χ0n) is 18.7. The number of allylic oxidation sites excluding steroid dienone is 1. The fraction of sp³-hybridized carbons (Fsp3) is 0.174. The minimum atomic E-state index is -4.76. The molecule has 1 unspecified atom stereocenters. The van der Waals surface area contributed by atoms with E-state index < -0.39 is 46.9 Å². The van der Waals surface area contributed by atoms with Gasteiger partial charge in [-0.2, -0.15) is 0 Å². The summed E-state index contributed by atoms with van der Waals surface area (Å²) in [5, 5.41) is 5.99. The molecule has 12 heteroatoms. The summed E-state index contributed by atoms with van der Waals surface area (Å²) in [4.78, 5) is 8.58. The van der Waals surface area contributed by atoms with Crippen LogP contribution < -0.4 is 10.9 Å². The van der Waals surface area contributed by atoms with Crippen molar-refractivity contribution in [2.24, 2.45) is 10.9 Å². The number of para-hydroxylation sites is 1. The van der Waals surface area contributed by atoms with Crippen molar-refractivity contribution in [3.63, 3.8) is 0 Å². The largest absolute Gasteiger partial charge is 0.496 e. The molecule has 0 aliphatic heterocycles. The second-order valence-corrected chi connectivity index (χ2v) is 11.4. The second-order valence-electron chi connectivity index (χ2n) is 7.75. The van der Waals surface area contributed by atoms with E-state index in [1.807, 2.05) is 0 Å². The van der Waals surface area contributed by atoms with Gasteiger partial charge in [-0.25, -0.2) is 22.0 Å². The van der Waals surface area contributed by atoms with E-state index in [1.165, 1.54) is 25.3 Å². The van der Waals surface area contributed by atoms with E-state index in [0.29, 0.717) is 11.0 Å². The molecular formula is C23H22N2O8S2. The van der Waals surface area contributed by atoms with Crippen molar-refractivity contribution in [2.45, 2.75) is 21.1 Å². The van der Waals surface area contributed by atoms with Crippen molar-refractivity contribution in [3.8, 4) is 0 Å². The second kappa shape index (κ2) is 8.64. The number of hydrogen-bond acceptors (Lipinski definition) is 8. The summed E-state index contributed by atoms with van der Waals surface area (Å²) in [7, 11) is -6.81. The van der Waals surface area contributed by atoms with E-state index in [4.69, 9.17) is 24.8 Å². The number of amides is 1. The normalized spacial score (nSPS) is 19.0. The van der Waals surface area contributed by atoms with Gasteiger partial charge in [0.05, 0.1) is 17.6 Å². The molecule has 0 fully saturated rings. The molecule has 10 nitrogen and oxygen atoms in total. The molecule has 4 rings (SSSR count). The number of rotatable bonds is 7. The number of nitrogens with two attached hydrogens (primary N) is 2. The molecule has 4 N–H and O–H groups in total. The van der Waals surface area contributed by atoms with Crippen LogP contribution in [0.2, 0.25) is 0 Å². The van der Waals surface area contributed by atoms with Gasteiger partial charge in [-0.15, -0.1) is 0 Å². The van der Waals surface area contributed by atoms with E-state index in [2.05, 4.69) is 0 Å². The van der Waals surface area contributed by atoms with Crippen LogP contribution in [-0.2, 0) is 34.1 Å². The topological polar surface area (TPSA) is 169 Å². The molecule has 1 atom stereocenters. The number of benzene rings is 2. The summed E-state index contributed by atoms with van der Waals surface area (Å²) in [6.07, 6.45) is 0.766. The van der Waals surface area contributed by atoms with Gasteiger partial charge in [-0.3, -0.25) is 4.79 Å². The van der Waals surface area contributed by atoms with Crippen LogP contribution in [0, 0.1) is 0 Å². The molecule has 1 aromatic heterocycles. The smallest absolute Gasteiger partial charge is 0.244 e. The Kier molecular flexibility index (Phi) is 6.09. The zero-order valence-corrected chi connectivity index (χ0v) is 20.4. The Bertz CT molecular complexity index is 1580. The molecule has 184 valence electrons. The van der Waals surface area contributed by atoms with Crippen molar-refractivity contribution in [1.82, 2.24) is 0 Å². The first-order valence-electron chi connectivity index (χ1n) is 10.2. The molecule has 1 heterocycles. The van der Waals surface area contributed by atoms with Gasteiger partial charge >= 0.3 is 0 Å². The van der Waals surface area contributed by atoms with Gasteiger partial charge in [0.25, 0.3) is 0 Å². The van der Waals surface area contributed by atoms with Crippen molar-refractivity contribution in [3.05, 3.63) is 77.8 Å². The Morgan fingerprint density at radius 3 is 2.20 bits per heavy atom. The Labute approximate surface area is 201 Å². The summed E-state index contributed by atoms with van der Waals surface area (Å²) in [5.41, 5.74) is 5.80. The van der Waals surface area contributed by atoms with Crippen molar-refractivity contribution in [2.75, 3.05) is 14.2 Å². The number of fused-ring (bicyclic) bond motifs is 1. The Morgan fingerprint density at radius 1 is 1.00 bits per heavy atom. The van der Waals surface area contributed by atoms with Crippen LogP contribution >= 0.6 is 0 Å². The summed E-state index contributed by atoms with van der Waals surface area (Å²) < 4.78 is 70.2. The fourth-order valence-corrected chi connectivity index (χ4v) is 7.41. The Balaban J connectivity index is 2.12. The van der Waals surface area contributed by atoms with Crippen LogP contribution in [-0.4, -0.2) is 41.9 Å². The standard InChI is InChI=1S/C23H22N2O8S2/c1-31-17-12-15(22(24)26)13-23(32-2,21(17)18-11-14-7-3-4-8-16(14)33-18)34(27,28)19-9-5-6-10-20(19)35(25,29)30/h3-12H,13H2,1-2H3,(H2,24,26)(H2,25,29,30). The molecule has 1 aliphatic rings. The van der Waals surface area contributed by atoms with Crippen molar-refractivity contribution < 1.29 is 35.5 Å². The number of sulfone groups is 1. The van der Waals surface area contributed by atoms with Crippen molar-refractivity contribution in [1.29, 1.82) is 0 Å². The van der Waals surface area contributed by atoms with E-state index in [1.54, 1.807) is 30.3 Å². The maximum atomic E-state index is 14.3. The summed E-state index contributed by atoms with van der Waals surface area (Å²) in [6, 6.07) is 13.4. The van der Waals surface area contributed by atoms with E-state index in [-0.39, 0.29) is 22.7 Å². The van der Waals surface area contributed by atoms with Gasteiger partial charge in [0, 0.05) is 24.5 Å². The molecule has 0 bridgehead atoms. The number of carbonyl (C=O) groups is 1. The van der Waals surface area contributed by atoms with E-state index in [0.717, 1.165) is 19.2 Å². The summed E-state index contributed by atoms with van der Waals surface area (Å²) >= 11 is 0. The Hall–Kier alpha value is -3.45. The average molecular weight is 519 g/mol. The van der Waals surface area contributed by atoms with Crippen LogP contribution in [0.15, 0.2) is 86.2 Å². The van der Waals surface area contributed by atoms with Crippen LogP contribution in [0.1, 0.15) is 12.2 Å². The maximum Gasteiger partial charge on any atom is 0.244 e. The van der Waals surface area contributed by atoms with Crippen LogP contribution in [0.25, 0.3) is 16.5 Å². The molecule has 0 radical (unpaired) electrons. The summed E-state index contributed by atoms with van der Waals surface area (Å²) in [6.45, 7) is 0. The average Bonchev–Trinajstić information content (AvgIpc) is 3.26. The van der Waals surface area contributed by atoms with Gasteiger partial charge in [-0.1, -0.05) is 30.3 Å². The third-order valence-corrected chi connectivity index (χ3v) is 9.19. The number of sulfonamides is 1. The molecule has 0 saturated carbocycles. The maximum absolute atomic E-state index is 14.3. The third kappa shape index (κ3) is 3.93. The number of furan rings is 1. The number of primary amides is 1. The first-order valence-corrected chi connectivity index (χ1v) is 13.2. The minimum Gasteiger partial charge on any atom is -0.496 e. The van der Waals surface area contributed by atoms with Crippen molar-refractivity contribution >= 4 is 42.3 Å². The lowest BCUT2D eigenvalue weighted by molar-refractivity contribution is -0.115. The highest BCUT2D eigenvalue weighted by atomic mass is 32.2. The lowest BCUT2D eigenvalue weighted by Crippen LogP contribution is -2.46. The fourth-order valence-electron chi connectivity index (χ4n) is 4.14. The van der Waals surface area contributed by atoms with Gasteiger partial charge in [-0.05, 0) is 30.3 Å². The molecule has 3 aromatic rings.